The molecule has 1 amide bonds. The number of aromatic nitrogens is 1. The van der Waals surface area contributed by atoms with Crippen molar-refractivity contribution in [1.29, 1.82) is 0 Å². The Kier molecular flexibility index (Phi) is 5.95. The Hall–Kier alpha value is -3.29. The highest BCUT2D eigenvalue weighted by Crippen LogP contribution is 2.44. The average Bonchev–Trinajstić information content (AvgIpc) is 3.30. The third-order valence-electron chi connectivity index (χ3n) is 5.11. The molecule has 9 heteroatoms. The summed E-state index contributed by atoms with van der Waals surface area (Å²) in [6.07, 6.45) is 3.21. The van der Waals surface area contributed by atoms with E-state index in [1.165, 1.54) is 24.1 Å². The second-order valence-corrected chi connectivity index (χ2v) is 8.05. The summed E-state index contributed by atoms with van der Waals surface area (Å²) in [5.41, 5.74) is 0.661. The SMILES string of the molecule is COc1c(Cl)cc(Cl)cc1/C(O)=C1\C(=O)C(=O)N(Cc2cccnc2)C1c1ccc(C)o1. The Morgan fingerprint density at radius 2 is 2.03 bits per heavy atom. The summed E-state index contributed by atoms with van der Waals surface area (Å²) >= 11 is 12.3. The second kappa shape index (κ2) is 8.68. The molecule has 1 unspecified atom stereocenters. The number of hydrogen-bond acceptors (Lipinski definition) is 6. The van der Waals surface area contributed by atoms with Gasteiger partial charge in [-0.1, -0.05) is 29.3 Å². The zero-order valence-corrected chi connectivity index (χ0v) is 18.6. The molecule has 1 aliphatic rings. The first-order chi connectivity index (χ1) is 15.3. The molecule has 7 nitrogen and oxygen atoms in total. The smallest absolute Gasteiger partial charge is 0.296 e. The van der Waals surface area contributed by atoms with E-state index in [2.05, 4.69) is 4.98 Å². The number of aliphatic hydroxyl groups is 1. The summed E-state index contributed by atoms with van der Waals surface area (Å²) in [5.74, 6) is -1.04. The third-order valence-corrected chi connectivity index (χ3v) is 5.61. The summed E-state index contributed by atoms with van der Waals surface area (Å²) in [5, 5.41) is 11.6. The van der Waals surface area contributed by atoms with Crippen LogP contribution in [0.2, 0.25) is 10.0 Å². The fourth-order valence-corrected chi connectivity index (χ4v) is 4.29. The molecule has 1 atom stereocenters. The molecular formula is C23H18Cl2N2O5. The molecule has 3 heterocycles. The number of pyridine rings is 1. The number of Topliss-reactive ketones (excluding diaryl/α,β-unsaturated/α-hetero) is 1. The predicted octanol–water partition coefficient (Wildman–Crippen LogP) is 4.92. The number of nitrogens with zero attached hydrogens (tertiary/aromatic N) is 2. The van der Waals surface area contributed by atoms with Crippen molar-refractivity contribution in [1.82, 2.24) is 9.88 Å². The summed E-state index contributed by atoms with van der Waals surface area (Å²) in [6.45, 7) is 1.84. The van der Waals surface area contributed by atoms with Crippen LogP contribution in [0.4, 0.5) is 0 Å². The van der Waals surface area contributed by atoms with Gasteiger partial charge in [-0.25, -0.2) is 0 Å². The van der Waals surface area contributed by atoms with Crippen LogP contribution in [0.1, 0.15) is 28.7 Å². The minimum Gasteiger partial charge on any atom is -0.507 e. The lowest BCUT2D eigenvalue weighted by molar-refractivity contribution is -0.140. The van der Waals surface area contributed by atoms with E-state index in [1.807, 2.05) is 0 Å². The topological polar surface area (TPSA) is 92.9 Å². The number of benzene rings is 1. The zero-order chi connectivity index (χ0) is 23.0. The highest BCUT2D eigenvalue weighted by molar-refractivity contribution is 6.46. The van der Waals surface area contributed by atoms with Gasteiger partial charge in [0.25, 0.3) is 11.7 Å². The van der Waals surface area contributed by atoms with Gasteiger partial charge in [-0.05, 0) is 42.8 Å². The molecule has 164 valence electrons. The van der Waals surface area contributed by atoms with Gasteiger partial charge in [-0.3, -0.25) is 14.6 Å². The van der Waals surface area contributed by atoms with E-state index in [4.69, 9.17) is 32.4 Å². The Balaban J connectivity index is 1.92. The molecule has 1 fully saturated rings. The van der Waals surface area contributed by atoms with Crippen LogP contribution in [0.25, 0.3) is 5.76 Å². The Labute approximate surface area is 193 Å². The van der Waals surface area contributed by atoms with Crippen LogP contribution in [0.5, 0.6) is 5.75 Å². The number of ether oxygens (including phenoxy) is 1. The number of carbonyl (C=O) groups excluding carboxylic acids is 2. The minimum absolute atomic E-state index is 0.0903. The first-order valence-electron chi connectivity index (χ1n) is 9.59. The van der Waals surface area contributed by atoms with Crippen LogP contribution in [-0.2, 0) is 16.1 Å². The second-order valence-electron chi connectivity index (χ2n) is 7.21. The largest absolute Gasteiger partial charge is 0.507 e. The van der Waals surface area contributed by atoms with Crippen molar-refractivity contribution in [3.63, 3.8) is 0 Å². The van der Waals surface area contributed by atoms with E-state index in [0.29, 0.717) is 17.1 Å². The summed E-state index contributed by atoms with van der Waals surface area (Å²) < 4.78 is 11.1. The van der Waals surface area contributed by atoms with E-state index in [1.54, 1.807) is 43.6 Å². The number of amides is 1. The number of aryl methyl sites for hydroxylation is 1. The fraction of sp³-hybridized carbons (Fsp3) is 0.174. The van der Waals surface area contributed by atoms with Crippen molar-refractivity contribution in [2.75, 3.05) is 7.11 Å². The molecule has 0 aliphatic carbocycles. The van der Waals surface area contributed by atoms with Gasteiger partial charge in [0.15, 0.2) is 0 Å². The molecule has 0 radical (unpaired) electrons. The lowest BCUT2D eigenvalue weighted by Gasteiger charge is -2.23. The number of carbonyl (C=O) groups is 2. The Morgan fingerprint density at radius 3 is 2.66 bits per heavy atom. The van der Waals surface area contributed by atoms with E-state index in [-0.39, 0.29) is 33.5 Å². The van der Waals surface area contributed by atoms with E-state index in [0.717, 1.165) is 0 Å². The van der Waals surface area contributed by atoms with Gasteiger partial charge in [-0.15, -0.1) is 0 Å². The van der Waals surface area contributed by atoms with Crippen molar-refractivity contribution < 1.29 is 23.8 Å². The molecule has 0 spiro atoms. The highest BCUT2D eigenvalue weighted by Gasteiger charge is 2.48. The monoisotopic (exact) mass is 472 g/mol. The van der Waals surface area contributed by atoms with Crippen molar-refractivity contribution in [2.24, 2.45) is 0 Å². The van der Waals surface area contributed by atoms with Gasteiger partial charge < -0.3 is 19.2 Å². The molecule has 4 rings (SSSR count). The van der Waals surface area contributed by atoms with Crippen LogP contribution in [0, 0.1) is 6.92 Å². The van der Waals surface area contributed by atoms with Gasteiger partial charge in [0, 0.05) is 24.0 Å². The van der Waals surface area contributed by atoms with Crippen LogP contribution in [0.15, 0.2) is 58.8 Å². The van der Waals surface area contributed by atoms with Crippen LogP contribution < -0.4 is 4.74 Å². The molecule has 1 aromatic carbocycles. The van der Waals surface area contributed by atoms with Crippen molar-refractivity contribution in [3.05, 3.63) is 87.1 Å². The predicted molar refractivity (Wildman–Crippen MR) is 119 cm³/mol. The molecular weight excluding hydrogens is 455 g/mol. The summed E-state index contributed by atoms with van der Waals surface area (Å²) in [7, 11) is 1.38. The summed E-state index contributed by atoms with van der Waals surface area (Å²) in [6, 6.07) is 8.81. The standard InChI is InChI=1S/C23H18Cl2N2O5/c1-12-5-6-17(32-12)19-18(20(28)15-8-14(24)9-16(25)22(15)31-2)21(29)23(30)27(19)11-13-4-3-7-26-10-13/h3-10,19,28H,11H2,1-2H3/b20-18+. The molecule has 1 N–H and O–H groups in total. The van der Waals surface area contributed by atoms with Crippen molar-refractivity contribution >= 4 is 40.7 Å². The molecule has 1 aliphatic heterocycles. The van der Waals surface area contributed by atoms with Crippen LogP contribution in [-0.4, -0.2) is 33.8 Å². The number of hydrogen-bond donors (Lipinski definition) is 1. The number of methoxy groups -OCH3 is 1. The number of halogens is 2. The number of rotatable bonds is 5. The Bertz CT molecular complexity index is 1240. The fourth-order valence-electron chi connectivity index (χ4n) is 3.72. The molecule has 2 aromatic heterocycles. The lowest BCUT2D eigenvalue weighted by atomic mass is 9.98. The average molecular weight is 473 g/mol. The molecule has 32 heavy (non-hydrogen) atoms. The van der Waals surface area contributed by atoms with E-state index < -0.39 is 23.5 Å². The van der Waals surface area contributed by atoms with Crippen molar-refractivity contribution in [2.45, 2.75) is 19.5 Å². The van der Waals surface area contributed by atoms with Gasteiger partial charge in [0.05, 0.1) is 23.3 Å². The first kappa shape index (κ1) is 21.9. The molecule has 0 saturated carbocycles. The lowest BCUT2D eigenvalue weighted by Crippen LogP contribution is -2.29. The normalized spacial score (nSPS) is 17.8. The van der Waals surface area contributed by atoms with Crippen LogP contribution in [0.3, 0.4) is 0 Å². The quantitative estimate of drug-likeness (QED) is 0.321. The first-order valence-corrected chi connectivity index (χ1v) is 10.3. The number of likely N-dealkylation sites (tertiary alicyclic amines) is 1. The van der Waals surface area contributed by atoms with Crippen molar-refractivity contribution in [3.8, 4) is 5.75 Å². The number of aliphatic hydroxyl groups excluding tert-OH is 1. The van der Waals surface area contributed by atoms with Crippen LogP contribution >= 0.6 is 23.2 Å². The highest BCUT2D eigenvalue weighted by atomic mass is 35.5. The number of ketones is 1. The molecule has 1 saturated heterocycles. The van der Waals surface area contributed by atoms with Gasteiger partial charge in [-0.2, -0.15) is 0 Å². The van der Waals surface area contributed by atoms with Gasteiger partial charge in [0.2, 0.25) is 0 Å². The molecule has 3 aromatic rings. The minimum atomic E-state index is -0.966. The maximum absolute atomic E-state index is 13.1. The van der Waals surface area contributed by atoms with E-state index >= 15 is 0 Å². The van der Waals surface area contributed by atoms with Gasteiger partial charge in [0.1, 0.15) is 29.1 Å². The number of furan rings is 1. The summed E-state index contributed by atoms with van der Waals surface area (Å²) in [4.78, 5) is 31.5. The zero-order valence-electron chi connectivity index (χ0n) is 17.1. The molecule has 0 bridgehead atoms. The third kappa shape index (κ3) is 3.85. The Morgan fingerprint density at radius 1 is 1.25 bits per heavy atom. The van der Waals surface area contributed by atoms with Gasteiger partial charge >= 0.3 is 0 Å². The maximum atomic E-state index is 13.1. The maximum Gasteiger partial charge on any atom is 0.296 e. The van der Waals surface area contributed by atoms with E-state index in [9.17, 15) is 14.7 Å².